The lowest BCUT2D eigenvalue weighted by molar-refractivity contribution is 0.136. The van der Waals surface area contributed by atoms with E-state index in [4.69, 9.17) is 5.73 Å². The quantitative estimate of drug-likeness (QED) is 0.0531. The van der Waals surface area contributed by atoms with Crippen molar-refractivity contribution in [3.8, 4) is 0 Å². The molecule has 5 aromatic rings. The predicted molar refractivity (Wildman–Crippen MR) is 220 cm³/mol. The number of nitrogens with one attached hydrogen (secondary N) is 3. The summed E-state index contributed by atoms with van der Waals surface area (Å²) in [6.45, 7) is 4.96. The van der Waals surface area contributed by atoms with Crippen LogP contribution >= 0.6 is 0 Å². The normalized spacial score (nSPS) is 17.1. The minimum atomic E-state index is -0.798. The van der Waals surface area contributed by atoms with Crippen molar-refractivity contribution in [2.45, 2.75) is 101 Å². The lowest BCUT2D eigenvalue weighted by atomic mass is 9.98. The molecule has 1 heterocycles. The molecule has 7 rings (SSSR count). The highest BCUT2D eigenvalue weighted by Crippen LogP contribution is 2.46. The van der Waals surface area contributed by atoms with Crippen LogP contribution in [0.3, 0.4) is 0 Å². The van der Waals surface area contributed by atoms with Crippen molar-refractivity contribution < 1.29 is 27.8 Å². The summed E-state index contributed by atoms with van der Waals surface area (Å²) >= 11 is 0. The van der Waals surface area contributed by atoms with Crippen LogP contribution in [-0.4, -0.2) is 57.4 Å². The first kappa shape index (κ1) is 43.0. The molecule has 0 radical (unpaired) electrons. The maximum absolute atomic E-state index is 13.7. The first-order chi connectivity index (χ1) is 27.8. The van der Waals surface area contributed by atoms with Crippen molar-refractivity contribution >= 4 is 5.69 Å². The summed E-state index contributed by atoms with van der Waals surface area (Å²) in [4.78, 5) is 0. The second-order valence-corrected chi connectivity index (χ2v) is 15.9. The van der Waals surface area contributed by atoms with Gasteiger partial charge in [-0.25, -0.2) is 17.6 Å². The van der Waals surface area contributed by atoms with Crippen LogP contribution in [0.2, 0.25) is 0 Å². The summed E-state index contributed by atoms with van der Waals surface area (Å²) in [7, 11) is 1.81. The van der Waals surface area contributed by atoms with Crippen molar-refractivity contribution in [1.82, 2.24) is 20.4 Å². The largest absolute Gasteiger partial charge is 0.390 e. The molecule has 0 amide bonds. The molecule has 4 atom stereocenters. The topological polar surface area (TPSA) is 120 Å². The van der Waals surface area contributed by atoms with E-state index in [1.807, 2.05) is 0 Å². The number of aliphatic hydroxyl groups excluding tert-OH is 2. The van der Waals surface area contributed by atoms with Crippen LogP contribution in [-0.2, 0) is 43.8 Å². The molecular formula is C46H56F4N6O2. The van der Waals surface area contributed by atoms with E-state index in [1.165, 1.54) is 46.5 Å². The minimum absolute atomic E-state index is 0.0865. The van der Waals surface area contributed by atoms with Gasteiger partial charge in [-0.15, -0.1) is 0 Å². The third-order valence-electron chi connectivity index (χ3n) is 11.4. The highest BCUT2D eigenvalue weighted by atomic mass is 19.1. The van der Waals surface area contributed by atoms with Gasteiger partial charge in [0.05, 0.1) is 30.1 Å². The predicted octanol–water partition coefficient (Wildman–Crippen LogP) is 6.96. The van der Waals surface area contributed by atoms with E-state index < -0.39 is 47.6 Å². The highest BCUT2D eigenvalue weighted by molar-refractivity contribution is 5.41. The van der Waals surface area contributed by atoms with Crippen LogP contribution in [0.1, 0.15) is 72.9 Å². The van der Waals surface area contributed by atoms with Crippen molar-refractivity contribution in [1.29, 1.82) is 0 Å². The van der Waals surface area contributed by atoms with E-state index in [-0.39, 0.29) is 23.9 Å². The number of aliphatic hydroxyl groups is 2. The molecule has 2 fully saturated rings. The molecule has 1 aromatic heterocycles. The third-order valence-corrected chi connectivity index (χ3v) is 11.4. The number of hydrogen-bond donors (Lipinski definition) is 6. The monoisotopic (exact) mass is 800 g/mol. The molecule has 2 saturated carbocycles. The van der Waals surface area contributed by atoms with E-state index in [2.05, 4.69) is 83.4 Å². The molecular weight excluding hydrogens is 745 g/mol. The number of aryl methyl sites for hydroxylation is 3. The molecule has 0 spiro atoms. The van der Waals surface area contributed by atoms with Crippen molar-refractivity contribution in [2.24, 2.45) is 12.8 Å². The summed E-state index contributed by atoms with van der Waals surface area (Å²) in [5, 5.41) is 35.9. The Balaban J connectivity index is 0.000000200. The lowest BCUT2D eigenvalue weighted by Crippen LogP contribution is -2.45. The van der Waals surface area contributed by atoms with Gasteiger partial charge in [0, 0.05) is 55.6 Å². The fourth-order valence-corrected chi connectivity index (χ4v) is 7.57. The average molecular weight is 801 g/mol. The van der Waals surface area contributed by atoms with Crippen molar-refractivity contribution in [3.63, 3.8) is 0 Å². The fourth-order valence-electron chi connectivity index (χ4n) is 7.57. The van der Waals surface area contributed by atoms with Gasteiger partial charge >= 0.3 is 0 Å². The Hall–Kier alpha value is -4.59. The van der Waals surface area contributed by atoms with E-state index in [0.717, 1.165) is 56.3 Å². The molecule has 8 nitrogen and oxygen atoms in total. The second kappa shape index (κ2) is 19.0. The summed E-state index contributed by atoms with van der Waals surface area (Å²) in [6.07, 6.45) is 8.42. The first-order valence-corrected chi connectivity index (χ1v) is 20.2. The van der Waals surface area contributed by atoms with Gasteiger partial charge < -0.3 is 31.9 Å². The van der Waals surface area contributed by atoms with Gasteiger partial charge in [0.25, 0.3) is 0 Å². The number of rotatable bonds is 18. The highest BCUT2D eigenvalue weighted by Gasteiger charge is 2.45. The molecule has 4 aromatic carbocycles. The Morgan fingerprint density at radius 1 is 0.672 bits per heavy atom. The number of hydrogen-bond acceptors (Lipinski definition) is 7. The van der Waals surface area contributed by atoms with Gasteiger partial charge in [0.1, 0.15) is 23.3 Å². The number of aromatic nitrogens is 2. The van der Waals surface area contributed by atoms with Gasteiger partial charge in [-0.2, -0.15) is 5.10 Å². The van der Waals surface area contributed by atoms with Crippen LogP contribution in [0.15, 0.2) is 97.3 Å². The Morgan fingerprint density at radius 2 is 1.14 bits per heavy atom. The van der Waals surface area contributed by atoms with Crippen LogP contribution < -0.4 is 21.7 Å². The van der Waals surface area contributed by atoms with Crippen molar-refractivity contribution in [2.75, 3.05) is 18.4 Å². The zero-order chi connectivity index (χ0) is 41.5. The zero-order valence-corrected chi connectivity index (χ0v) is 33.5. The number of nitrogens with zero attached hydrogens (tertiary/aromatic N) is 2. The van der Waals surface area contributed by atoms with Crippen LogP contribution in [0.5, 0.6) is 0 Å². The Bertz CT molecular complexity index is 2080. The number of nitrogens with two attached hydrogens (primary N) is 1. The summed E-state index contributed by atoms with van der Waals surface area (Å²) in [5.41, 5.74) is 12.6. The minimum Gasteiger partial charge on any atom is -0.390 e. The van der Waals surface area contributed by atoms with E-state index in [9.17, 15) is 27.8 Å². The number of benzene rings is 4. The van der Waals surface area contributed by atoms with Crippen LogP contribution in [0, 0.1) is 23.3 Å². The summed E-state index contributed by atoms with van der Waals surface area (Å²) in [5.74, 6) is -2.51. The third kappa shape index (κ3) is 11.5. The average Bonchev–Trinajstić information content (AvgIpc) is 4.13. The Labute approximate surface area is 338 Å². The van der Waals surface area contributed by atoms with Gasteiger partial charge in [-0.1, -0.05) is 62.4 Å². The van der Waals surface area contributed by atoms with Gasteiger partial charge in [-0.05, 0) is 109 Å². The first-order valence-electron chi connectivity index (χ1n) is 20.2. The summed E-state index contributed by atoms with van der Waals surface area (Å²) < 4.78 is 55.7. The smallest absolute Gasteiger partial charge is 0.126 e. The van der Waals surface area contributed by atoms with E-state index in [0.29, 0.717) is 24.2 Å². The molecule has 0 unspecified atom stereocenters. The molecule has 12 heteroatoms. The Kier molecular flexibility index (Phi) is 14.1. The number of halogens is 4. The van der Waals surface area contributed by atoms with Gasteiger partial charge in [0.2, 0.25) is 0 Å². The van der Waals surface area contributed by atoms with E-state index >= 15 is 0 Å². The van der Waals surface area contributed by atoms with Crippen LogP contribution in [0.4, 0.5) is 23.2 Å². The zero-order valence-electron chi connectivity index (χ0n) is 33.5. The second-order valence-electron chi connectivity index (χ2n) is 15.9. The molecule has 0 bridgehead atoms. The van der Waals surface area contributed by atoms with Crippen LogP contribution in [0.25, 0.3) is 0 Å². The number of anilines is 1. The lowest BCUT2D eigenvalue weighted by Gasteiger charge is -2.27. The standard InChI is InChI=1S/C25H30F2N4O.C21H26F2N2O/c1-3-17-5-4-6-19(9-17)25(7-8-25)28-15-24(32)23(30-22-14-29-31(2)16-22)12-18-10-20(26)13-21(27)11-18;1-2-14-4-3-5-16(8-14)21(6-7-21)25-13-20(26)19(24)11-15-9-17(22)12-18(23)10-15/h4-6,9-11,13-14,16,23-24,28,30,32H,3,7-8,12,15H2,1-2H3;3-5,8-10,12,19-20,25-26H,2,6-7,11,13,24H2,1H3/t23-,24+;19-,20+/m00/s1. The molecule has 7 N–H and O–H groups in total. The maximum Gasteiger partial charge on any atom is 0.126 e. The molecule has 2 aliphatic carbocycles. The SMILES string of the molecule is CCc1cccc(C2(NC[C@@H](O)[C@@H](N)Cc3cc(F)cc(F)c3)CC2)c1.CCc1cccc(C2(NC[C@@H](O)[C@H](Cc3cc(F)cc(F)c3)Nc3cnn(C)c3)CC2)c1. The molecule has 58 heavy (non-hydrogen) atoms. The van der Waals surface area contributed by atoms with Crippen molar-refractivity contribution in [3.05, 3.63) is 154 Å². The molecule has 0 aliphatic heterocycles. The van der Waals surface area contributed by atoms with Gasteiger partial charge in [-0.3, -0.25) is 4.68 Å². The molecule has 0 saturated heterocycles. The fraction of sp³-hybridized carbons (Fsp3) is 0.413. The Morgan fingerprint density at radius 3 is 1.57 bits per heavy atom. The summed E-state index contributed by atoms with van der Waals surface area (Å²) in [6, 6.07) is 22.8. The molecule has 310 valence electrons. The molecule has 2 aliphatic rings. The van der Waals surface area contributed by atoms with E-state index in [1.54, 1.807) is 24.1 Å². The maximum atomic E-state index is 13.7. The van der Waals surface area contributed by atoms with Gasteiger partial charge in [0.15, 0.2) is 0 Å².